The van der Waals surface area contributed by atoms with E-state index in [1.165, 1.54) is 0 Å². The summed E-state index contributed by atoms with van der Waals surface area (Å²) in [5.41, 5.74) is 1.06. The van der Waals surface area contributed by atoms with E-state index in [4.69, 9.17) is 4.74 Å². The maximum absolute atomic E-state index is 13.3. The number of nitrogens with zero attached hydrogens (tertiary/aromatic N) is 2. The molecule has 31 heavy (non-hydrogen) atoms. The summed E-state index contributed by atoms with van der Waals surface area (Å²) in [6, 6.07) is 10.7. The average Bonchev–Trinajstić information content (AvgIpc) is 2.76. The van der Waals surface area contributed by atoms with Crippen molar-refractivity contribution in [2.45, 2.75) is 26.2 Å². The van der Waals surface area contributed by atoms with Crippen LogP contribution in [-0.4, -0.2) is 38.8 Å². The number of rotatable bonds is 6. The van der Waals surface area contributed by atoms with E-state index in [9.17, 15) is 17.6 Å². The molecule has 1 aliphatic heterocycles. The molecular weight excluding hydrogens is 412 g/mol. The predicted molar refractivity (Wildman–Crippen MR) is 113 cm³/mol. The number of hydrogen-bond donors (Lipinski definition) is 2. The zero-order chi connectivity index (χ0) is 22.3. The standard InChI is InChI=1S/C22H26F4N4O/c1-2-27-21(29-15-17-5-6-18(23)13-20(17)22(24,25)26)28-14-16-3-7-19(8-4-16)30-9-11-31-12-10-30/h3-8,13H,2,9-12,14-15H2,1H3,(H2,27,28,29). The van der Waals surface area contributed by atoms with Crippen LogP contribution in [0.3, 0.4) is 0 Å². The predicted octanol–water partition coefficient (Wildman–Crippen LogP) is 3.94. The van der Waals surface area contributed by atoms with Gasteiger partial charge in [0.1, 0.15) is 5.82 Å². The van der Waals surface area contributed by atoms with E-state index in [2.05, 4.69) is 20.5 Å². The molecule has 0 atom stereocenters. The first-order valence-electron chi connectivity index (χ1n) is 10.2. The van der Waals surface area contributed by atoms with E-state index in [0.717, 1.165) is 36.5 Å². The van der Waals surface area contributed by atoms with Gasteiger partial charge in [0.15, 0.2) is 5.96 Å². The number of anilines is 1. The van der Waals surface area contributed by atoms with Gasteiger partial charge in [-0.25, -0.2) is 9.38 Å². The third kappa shape index (κ3) is 6.58. The van der Waals surface area contributed by atoms with Crippen molar-refractivity contribution in [2.75, 3.05) is 37.7 Å². The monoisotopic (exact) mass is 438 g/mol. The summed E-state index contributed by atoms with van der Waals surface area (Å²) in [4.78, 5) is 6.71. The minimum Gasteiger partial charge on any atom is -0.378 e. The molecule has 9 heteroatoms. The maximum atomic E-state index is 13.3. The van der Waals surface area contributed by atoms with Crippen LogP contribution in [-0.2, 0) is 24.0 Å². The second-order valence-corrected chi connectivity index (χ2v) is 7.11. The van der Waals surface area contributed by atoms with Gasteiger partial charge in [0.25, 0.3) is 0 Å². The van der Waals surface area contributed by atoms with Gasteiger partial charge in [-0.3, -0.25) is 0 Å². The molecule has 0 amide bonds. The summed E-state index contributed by atoms with van der Waals surface area (Å²) < 4.78 is 58.2. The molecule has 0 spiro atoms. The van der Waals surface area contributed by atoms with E-state index in [1.807, 2.05) is 31.2 Å². The van der Waals surface area contributed by atoms with Gasteiger partial charge in [-0.1, -0.05) is 18.2 Å². The fraction of sp³-hybridized carbons (Fsp3) is 0.409. The molecule has 0 aromatic heterocycles. The number of ether oxygens (including phenoxy) is 1. The van der Waals surface area contributed by atoms with Crippen molar-refractivity contribution in [3.8, 4) is 0 Å². The van der Waals surface area contributed by atoms with Gasteiger partial charge in [-0.05, 0) is 42.3 Å². The second kappa shape index (κ2) is 10.5. The van der Waals surface area contributed by atoms with Crippen LogP contribution in [0.2, 0.25) is 0 Å². The molecule has 0 unspecified atom stereocenters. The number of alkyl halides is 3. The van der Waals surface area contributed by atoms with Crippen molar-refractivity contribution in [1.82, 2.24) is 10.6 Å². The Bertz CT molecular complexity index is 878. The molecule has 5 nitrogen and oxygen atoms in total. The molecule has 0 aliphatic carbocycles. The lowest BCUT2D eigenvalue weighted by Gasteiger charge is -2.28. The fourth-order valence-corrected chi connectivity index (χ4v) is 3.29. The van der Waals surface area contributed by atoms with Crippen molar-refractivity contribution in [1.29, 1.82) is 0 Å². The van der Waals surface area contributed by atoms with Gasteiger partial charge in [-0.15, -0.1) is 0 Å². The molecule has 168 valence electrons. The smallest absolute Gasteiger partial charge is 0.378 e. The van der Waals surface area contributed by atoms with Crippen molar-refractivity contribution >= 4 is 11.6 Å². The van der Waals surface area contributed by atoms with Gasteiger partial charge >= 0.3 is 6.18 Å². The van der Waals surface area contributed by atoms with Crippen LogP contribution in [0, 0.1) is 5.82 Å². The average molecular weight is 438 g/mol. The van der Waals surface area contributed by atoms with Crippen LogP contribution in [0.4, 0.5) is 23.2 Å². The van der Waals surface area contributed by atoms with Gasteiger partial charge in [0.2, 0.25) is 0 Å². The molecule has 0 radical (unpaired) electrons. The summed E-state index contributed by atoms with van der Waals surface area (Å²) >= 11 is 0. The van der Waals surface area contributed by atoms with Crippen molar-refractivity contribution in [2.24, 2.45) is 4.99 Å². The van der Waals surface area contributed by atoms with Crippen LogP contribution in [0.25, 0.3) is 0 Å². The van der Waals surface area contributed by atoms with Crippen molar-refractivity contribution in [3.63, 3.8) is 0 Å². The van der Waals surface area contributed by atoms with Gasteiger partial charge in [0, 0.05) is 31.9 Å². The zero-order valence-electron chi connectivity index (χ0n) is 17.3. The topological polar surface area (TPSA) is 48.9 Å². The minimum absolute atomic E-state index is 0.0469. The third-order valence-corrected chi connectivity index (χ3v) is 4.90. The van der Waals surface area contributed by atoms with E-state index in [-0.39, 0.29) is 12.1 Å². The Morgan fingerprint density at radius 2 is 1.77 bits per heavy atom. The Hall–Kier alpha value is -2.81. The quantitative estimate of drug-likeness (QED) is 0.408. The first-order chi connectivity index (χ1) is 14.9. The molecule has 0 saturated carbocycles. The number of halogens is 4. The molecule has 1 saturated heterocycles. The molecule has 2 N–H and O–H groups in total. The lowest BCUT2D eigenvalue weighted by atomic mass is 10.1. The van der Waals surface area contributed by atoms with Gasteiger partial charge in [-0.2, -0.15) is 13.2 Å². The van der Waals surface area contributed by atoms with E-state index >= 15 is 0 Å². The Balaban J connectivity index is 1.64. The van der Waals surface area contributed by atoms with E-state index in [1.54, 1.807) is 0 Å². The Kier molecular flexibility index (Phi) is 7.73. The largest absolute Gasteiger partial charge is 0.416 e. The maximum Gasteiger partial charge on any atom is 0.416 e. The number of aliphatic imine (C=N–C) groups is 1. The molecule has 1 aliphatic rings. The number of hydrogen-bond acceptors (Lipinski definition) is 3. The summed E-state index contributed by atoms with van der Waals surface area (Å²) in [6.45, 7) is 5.81. The van der Waals surface area contributed by atoms with Crippen LogP contribution in [0.15, 0.2) is 47.5 Å². The summed E-state index contributed by atoms with van der Waals surface area (Å²) in [5.74, 6) is -0.533. The number of nitrogens with one attached hydrogen (secondary N) is 2. The highest BCUT2D eigenvalue weighted by molar-refractivity contribution is 5.79. The number of benzene rings is 2. The van der Waals surface area contributed by atoms with Crippen LogP contribution in [0.5, 0.6) is 0 Å². The Morgan fingerprint density at radius 3 is 2.42 bits per heavy atom. The third-order valence-electron chi connectivity index (χ3n) is 4.90. The fourth-order valence-electron chi connectivity index (χ4n) is 3.29. The minimum atomic E-state index is -4.63. The van der Waals surface area contributed by atoms with Crippen molar-refractivity contribution < 1.29 is 22.3 Å². The molecule has 1 fully saturated rings. The van der Waals surface area contributed by atoms with Crippen LogP contribution < -0.4 is 15.5 Å². The normalized spacial score (nSPS) is 15.1. The number of guanidine groups is 1. The first kappa shape index (κ1) is 22.9. The Labute approximate surface area is 179 Å². The van der Waals surface area contributed by atoms with Crippen LogP contribution >= 0.6 is 0 Å². The first-order valence-corrected chi connectivity index (χ1v) is 10.2. The number of morpholine rings is 1. The van der Waals surface area contributed by atoms with Gasteiger partial charge in [0.05, 0.1) is 25.3 Å². The molecule has 2 aromatic rings. The van der Waals surface area contributed by atoms with Gasteiger partial charge < -0.3 is 20.3 Å². The Morgan fingerprint density at radius 1 is 1.06 bits per heavy atom. The molecule has 1 heterocycles. The molecular formula is C22H26F4N4O. The summed E-state index contributed by atoms with van der Waals surface area (Å²) in [7, 11) is 0. The highest BCUT2D eigenvalue weighted by Crippen LogP contribution is 2.32. The summed E-state index contributed by atoms with van der Waals surface area (Å²) in [5, 5.41) is 5.91. The van der Waals surface area contributed by atoms with Crippen molar-refractivity contribution in [3.05, 3.63) is 65.0 Å². The van der Waals surface area contributed by atoms with E-state index < -0.39 is 17.6 Å². The van der Waals surface area contributed by atoms with Crippen LogP contribution in [0.1, 0.15) is 23.6 Å². The lowest BCUT2D eigenvalue weighted by molar-refractivity contribution is -0.138. The summed E-state index contributed by atoms with van der Waals surface area (Å²) in [6.07, 6.45) is -4.63. The molecule has 0 bridgehead atoms. The zero-order valence-corrected chi connectivity index (χ0v) is 17.3. The molecule has 3 rings (SSSR count). The highest BCUT2D eigenvalue weighted by atomic mass is 19.4. The molecule has 2 aromatic carbocycles. The van der Waals surface area contributed by atoms with E-state index in [0.29, 0.717) is 38.3 Å². The highest BCUT2D eigenvalue weighted by Gasteiger charge is 2.33. The SMILES string of the molecule is CCNC(=NCc1ccc(N2CCOCC2)cc1)NCc1ccc(F)cc1C(F)(F)F. The second-order valence-electron chi connectivity index (χ2n) is 7.11. The lowest BCUT2D eigenvalue weighted by Crippen LogP contribution is -2.37.